The lowest BCUT2D eigenvalue weighted by molar-refractivity contribution is -0.118. The topological polar surface area (TPSA) is 140 Å². The monoisotopic (exact) mass is 532 g/mol. The number of carbonyl (C=O) groups excluding carboxylic acids is 2. The van der Waals surface area contributed by atoms with Crippen molar-refractivity contribution in [3.63, 3.8) is 0 Å². The van der Waals surface area contributed by atoms with Crippen molar-refractivity contribution in [1.82, 2.24) is 0 Å². The first kappa shape index (κ1) is 31.9. The Morgan fingerprint density at radius 1 is 0.711 bits per heavy atom. The molecule has 2 fully saturated rings. The van der Waals surface area contributed by atoms with E-state index in [0.29, 0.717) is 62.8 Å². The molecule has 2 aliphatic rings. The van der Waals surface area contributed by atoms with Gasteiger partial charge in [0.15, 0.2) is 11.6 Å². The van der Waals surface area contributed by atoms with E-state index < -0.39 is 0 Å². The Kier molecular flexibility index (Phi) is 11.5. The molecule has 0 spiro atoms. The van der Waals surface area contributed by atoms with Crippen LogP contribution in [0.2, 0.25) is 0 Å². The third kappa shape index (κ3) is 8.60. The van der Waals surface area contributed by atoms with Crippen molar-refractivity contribution in [2.75, 3.05) is 13.2 Å². The van der Waals surface area contributed by atoms with E-state index in [9.17, 15) is 30.0 Å². The van der Waals surface area contributed by atoms with Crippen LogP contribution in [-0.4, -0.2) is 68.7 Å². The minimum absolute atomic E-state index is 0.00402. The predicted octanol–water partition coefficient (Wildman–Crippen LogP) is 5.37. The Bertz CT molecular complexity index is 914. The molecule has 2 unspecified atom stereocenters. The summed E-state index contributed by atoms with van der Waals surface area (Å²) in [7, 11) is 0. The van der Waals surface area contributed by atoms with Crippen molar-refractivity contribution in [2.45, 2.75) is 118 Å². The molecule has 2 rings (SSSR count). The van der Waals surface area contributed by atoms with Crippen LogP contribution in [0.15, 0.2) is 32.6 Å². The summed E-state index contributed by atoms with van der Waals surface area (Å²) < 4.78 is 0. The lowest BCUT2D eigenvalue weighted by atomic mass is 9.73. The highest BCUT2D eigenvalue weighted by Crippen LogP contribution is 2.37. The highest BCUT2D eigenvalue weighted by Gasteiger charge is 2.37. The fraction of sp³-hybridized carbons (Fsp3) is 0.733. The average molecular weight is 533 g/mol. The van der Waals surface area contributed by atoms with E-state index in [0.717, 1.165) is 0 Å². The van der Waals surface area contributed by atoms with E-state index in [1.54, 1.807) is 0 Å². The summed E-state index contributed by atoms with van der Waals surface area (Å²) in [6.45, 7) is 11.6. The molecule has 0 aromatic rings. The summed E-state index contributed by atoms with van der Waals surface area (Å²) in [5.74, 6) is -0.284. The van der Waals surface area contributed by atoms with Gasteiger partial charge in [-0.25, -0.2) is 0 Å². The Labute approximate surface area is 227 Å². The SMILES string of the molecule is CCC(CO)N=C1CC(C)(C)CC(=O)/C1=C(/O)CCCC/C(O)=C1\C(=O)CC(C)(C)CC1=NC(CC)CO. The number of unbranched alkanes of at least 4 members (excludes halogenated alkanes) is 1. The molecule has 0 aliphatic heterocycles. The minimum atomic E-state index is -0.315. The van der Waals surface area contributed by atoms with Gasteiger partial charge < -0.3 is 20.4 Å². The molecule has 0 amide bonds. The van der Waals surface area contributed by atoms with E-state index in [-0.39, 0.29) is 83.2 Å². The van der Waals surface area contributed by atoms with E-state index in [1.807, 2.05) is 41.5 Å². The fourth-order valence-electron chi connectivity index (χ4n) is 5.25. The number of hydrogen-bond donors (Lipinski definition) is 4. The molecule has 2 atom stereocenters. The van der Waals surface area contributed by atoms with Crippen LogP contribution in [0.1, 0.15) is 106 Å². The van der Waals surface area contributed by atoms with Crippen molar-refractivity contribution in [3.8, 4) is 0 Å². The van der Waals surface area contributed by atoms with Crippen LogP contribution in [0.4, 0.5) is 0 Å². The number of nitrogens with zero attached hydrogens (tertiary/aromatic N) is 2. The second-order valence-electron chi connectivity index (χ2n) is 12.4. The molecule has 0 aromatic carbocycles. The average Bonchev–Trinajstić information content (AvgIpc) is 2.81. The summed E-state index contributed by atoms with van der Waals surface area (Å²) in [4.78, 5) is 35.1. The molecule has 0 bridgehead atoms. The van der Waals surface area contributed by atoms with E-state index in [2.05, 4.69) is 9.98 Å². The van der Waals surface area contributed by atoms with Crippen LogP contribution < -0.4 is 0 Å². The molecule has 0 heterocycles. The quantitative estimate of drug-likeness (QED) is 0.160. The van der Waals surface area contributed by atoms with Crippen molar-refractivity contribution >= 4 is 23.0 Å². The van der Waals surface area contributed by atoms with Gasteiger partial charge in [0.25, 0.3) is 0 Å². The van der Waals surface area contributed by atoms with Crippen LogP contribution in [0.25, 0.3) is 0 Å². The van der Waals surface area contributed by atoms with Crippen LogP contribution in [-0.2, 0) is 9.59 Å². The van der Waals surface area contributed by atoms with Crippen LogP contribution in [0.5, 0.6) is 0 Å². The normalized spacial score (nSPS) is 26.0. The number of Topliss-reactive ketones (excluding diaryl/α,β-unsaturated/α-hetero) is 2. The first-order valence-electron chi connectivity index (χ1n) is 14.0. The summed E-state index contributed by atoms with van der Waals surface area (Å²) in [5.41, 5.74) is 1.12. The first-order valence-corrected chi connectivity index (χ1v) is 14.0. The maximum atomic E-state index is 13.0. The second-order valence-corrected chi connectivity index (χ2v) is 12.4. The summed E-state index contributed by atoms with van der Waals surface area (Å²) in [5, 5.41) is 41.0. The molecule has 2 saturated carbocycles. The third-order valence-corrected chi connectivity index (χ3v) is 7.40. The zero-order chi connectivity index (χ0) is 28.7. The Balaban J connectivity index is 2.20. The van der Waals surface area contributed by atoms with Gasteiger partial charge in [0.1, 0.15) is 11.5 Å². The molecule has 0 saturated heterocycles. The minimum Gasteiger partial charge on any atom is -0.511 e. The molecule has 38 heavy (non-hydrogen) atoms. The number of allylic oxidation sites excluding steroid dienone is 4. The van der Waals surface area contributed by atoms with E-state index in [4.69, 9.17) is 0 Å². The zero-order valence-corrected chi connectivity index (χ0v) is 24.1. The number of aliphatic hydroxyl groups excluding tert-OH is 4. The van der Waals surface area contributed by atoms with Crippen molar-refractivity contribution in [3.05, 3.63) is 22.7 Å². The molecule has 0 radical (unpaired) electrons. The number of ketones is 2. The Morgan fingerprint density at radius 3 is 1.34 bits per heavy atom. The van der Waals surface area contributed by atoms with Crippen molar-refractivity contribution in [1.29, 1.82) is 0 Å². The fourth-order valence-corrected chi connectivity index (χ4v) is 5.25. The Hall–Kier alpha value is -2.32. The largest absolute Gasteiger partial charge is 0.511 e. The number of aliphatic hydroxyl groups is 4. The standard InChI is InChI=1S/C30H48N2O6/c1-7-19(17-33)31-21-13-29(3,4)15-25(37)27(21)23(35)11-9-10-12-24(36)28-22(32-20(8-2)18-34)14-30(5,6)16-26(28)38/h19-20,33-36H,7-18H2,1-6H3/b27-23+,28-24+,31-21?,32-22?. The summed E-state index contributed by atoms with van der Waals surface area (Å²) in [6, 6.07) is -0.629. The number of hydrogen-bond acceptors (Lipinski definition) is 8. The van der Waals surface area contributed by atoms with Gasteiger partial charge in [0.2, 0.25) is 0 Å². The van der Waals surface area contributed by atoms with Gasteiger partial charge in [-0.15, -0.1) is 0 Å². The summed E-state index contributed by atoms with van der Waals surface area (Å²) in [6.07, 6.45) is 4.53. The van der Waals surface area contributed by atoms with Crippen molar-refractivity contribution < 1.29 is 30.0 Å². The highest BCUT2D eigenvalue weighted by molar-refractivity contribution is 6.25. The van der Waals surface area contributed by atoms with Gasteiger partial charge in [0, 0.05) is 37.1 Å². The molecular weight excluding hydrogens is 484 g/mol. The number of aliphatic imine (C=N–C) groups is 2. The van der Waals surface area contributed by atoms with Crippen LogP contribution in [0.3, 0.4) is 0 Å². The number of rotatable bonds is 11. The predicted molar refractivity (Wildman–Crippen MR) is 151 cm³/mol. The zero-order valence-electron chi connectivity index (χ0n) is 24.1. The molecule has 8 nitrogen and oxygen atoms in total. The van der Waals surface area contributed by atoms with E-state index in [1.165, 1.54) is 0 Å². The van der Waals surface area contributed by atoms with Gasteiger partial charge in [-0.3, -0.25) is 19.6 Å². The molecule has 0 aromatic heterocycles. The van der Waals surface area contributed by atoms with Gasteiger partial charge in [0.05, 0.1) is 36.4 Å². The maximum absolute atomic E-state index is 13.0. The second kappa shape index (κ2) is 13.7. The maximum Gasteiger partial charge on any atom is 0.168 e. The lowest BCUT2D eigenvalue weighted by Crippen LogP contribution is -2.34. The molecular formula is C30H48N2O6. The smallest absolute Gasteiger partial charge is 0.168 e. The first-order chi connectivity index (χ1) is 17.8. The third-order valence-electron chi connectivity index (χ3n) is 7.40. The summed E-state index contributed by atoms with van der Waals surface area (Å²) >= 11 is 0. The Morgan fingerprint density at radius 2 is 1.05 bits per heavy atom. The number of carbonyl (C=O) groups is 2. The van der Waals surface area contributed by atoms with Crippen LogP contribution in [0, 0.1) is 10.8 Å². The molecule has 214 valence electrons. The molecule has 4 N–H and O–H groups in total. The van der Waals surface area contributed by atoms with Gasteiger partial charge in [-0.1, -0.05) is 41.5 Å². The lowest BCUT2D eigenvalue weighted by Gasteiger charge is -2.32. The van der Waals surface area contributed by atoms with E-state index >= 15 is 0 Å². The van der Waals surface area contributed by atoms with Crippen molar-refractivity contribution in [2.24, 2.45) is 20.8 Å². The highest BCUT2D eigenvalue weighted by atomic mass is 16.3. The van der Waals surface area contributed by atoms with Crippen LogP contribution >= 0.6 is 0 Å². The van der Waals surface area contributed by atoms with Gasteiger partial charge in [-0.2, -0.15) is 0 Å². The van der Waals surface area contributed by atoms with Gasteiger partial charge >= 0.3 is 0 Å². The molecule has 8 heteroatoms. The van der Waals surface area contributed by atoms with Gasteiger partial charge in [-0.05, 0) is 49.4 Å². The molecule has 2 aliphatic carbocycles.